The van der Waals surface area contributed by atoms with E-state index in [0.29, 0.717) is 0 Å². The highest BCUT2D eigenvalue weighted by molar-refractivity contribution is 5.95. The van der Waals surface area contributed by atoms with Crippen molar-refractivity contribution < 1.29 is 18.0 Å². The summed E-state index contributed by atoms with van der Waals surface area (Å²) in [6, 6.07) is 3.05. The number of halogens is 3. The Balaban J connectivity index is 2.32. The molecule has 22 heavy (non-hydrogen) atoms. The van der Waals surface area contributed by atoms with Crippen LogP contribution in [0.3, 0.4) is 0 Å². The first-order chi connectivity index (χ1) is 10.2. The number of amides is 1. The maximum absolute atomic E-state index is 13.0. The molecule has 0 aromatic carbocycles. The lowest BCUT2D eigenvalue weighted by Crippen LogP contribution is -2.31. The average Bonchev–Trinajstić information content (AvgIpc) is 2.88. The van der Waals surface area contributed by atoms with Crippen LogP contribution in [0.2, 0.25) is 0 Å². The fourth-order valence-electron chi connectivity index (χ4n) is 2.07. The minimum Gasteiger partial charge on any atom is -0.335 e. The minimum atomic E-state index is -4.68. The average molecular weight is 312 g/mol. The first kappa shape index (κ1) is 16.0. The summed E-state index contributed by atoms with van der Waals surface area (Å²) in [7, 11) is 2.80. The number of alkyl halides is 3. The fourth-order valence-corrected chi connectivity index (χ4v) is 2.07. The largest absolute Gasteiger partial charge is 0.435 e. The third-order valence-corrected chi connectivity index (χ3v) is 3.40. The third-order valence-electron chi connectivity index (χ3n) is 3.40. The van der Waals surface area contributed by atoms with Crippen molar-refractivity contribution in [1.82, 2.24) is 19.7 Å². The molecule has 2 aromatic heterocycles. The van der Waals surface area contributed by atoms with Crippen molar-refractivity contribution >= 4 is 5.91 Å². The number of carbonyl (C=O) groups excluding carboxylic acids is 1. The molecule has 0 aliphatic rings. The molecular formula is C14H15F3N4O. The third kappa shape index (κ3) is 3.10. The van der Waals surface area contributed by atoms with E-state index < -0.39 is 29.4 Å². The second-order valence-corrected chi connectivity index (χ2v) is 4.94. The van der Waals surface area contributed by atoms with E-state index in [2.05, 4.69) is 10.1 Å². The highest BCUT2D eigenvalue weighted by Crippen LogP contribution is 2.32. The highest BCUT2D eigenvalue weighted by Gasteiger charge is 2.40. The van der Waals surface area contributed by atoms with E-state index in [1.54, 1.807) is 31.5 Å². The number of carbonyl (C=O) groups is 1. The van der Waals surface area contributed by atoms with E-state index in [4.69, 9.17) is 0 Å². The Bertz CT molecular complexity index is 666. The molecule has 2 rings (SSSR count). The first-order valence-electron chi connectivity index (χ1n) is 6.49. The number of aromatic nitrogens is 3. The van der Waals surface area contributed by atoms with Crippen LogP contribution in [0.15, 0.2) is 30.7 Å². The number of aryl methyl sites for hydroxylation is 1. The summed E-state index contributed by atoms with van der Waals surface area (Å²) in [5.74, 6) is -0.739. The Morgan fingerprint density at radius 3 is 2.64 bits per heavy atom. The van der Waals surface area contributed by atoms with Gasteiger partial charge in [-0.25, -0.2) is 0 Å². The van der Waals surface area contributed by atoms with E-state index in [-0.39, 0.29) is 0 Å². The quantitative estimate of drug-likeness (QED) is 0.875. The highest BCUT2D eigenvalue weighted by atomic mass is 19.4. The molecule has 8 heteroatoms. The van der Waals surface area contributed by atoms with Gasteiger partial charge in [0, 0.05) is 32.7 Å². The summed E-state index contributed by atoms with van der Waals surface area (Å²) in [6.07, 6.45) is -0.439. The molecule has 2 aromatic rings. The fraction of sp³-hybridized carbons (Fsp3) is 0.357. The Labute approximate surface area is 125 Å². The smallest absolute Gasteiger partial charge is 0.335 e. The number of pyridine rings is 1. The topological polar surface area (TPSA) is 51.0 Å². The van der Waals surface area contributed by atoms with Crippen molar-refractivity contribution in [2.45, 2.75) is 19.1 Å². The van der Waals surface area contributed by atoms with Crippen LogP contribution in [-0.2, 0) is 13.2 Å². The van der Waals surface area contributed by atoms with Gasteiger partial charge in [-0.3, -0.25) is 14.5 Å². The zero-order valence-electron chi connectivity index (χ0n) is 12.3. The van der Waals surface area contributed by atoms with Gasteiger partial charge in [-0.2, -0.15) is 18.3 Å². The molecule has 5 nitrogen and oxygen atoms in total. The molecule has 0 unspecified atom stereocenters. The van der Waals surface area contributed by atoms with Gasteiger partial charge in [0.2, 0.25) is 0 Å². The molecule has 0 bridgehead atoms. The molecule has 0 saturated carbocycles. The van der Waals surface area contributed by atoms with E-state index in [1.165, 1.54) is 19.0 Å². The number of rotatable bonds is 3. The molecule has 1 atom stereocenters. The summed E-state index contributed by atoms with van der Waals surface area (Å²) in [5, 5.41) is 3.35. The Kier molecular flexibility index (Phi) is 4.20. The van der Waals surface area contributed by atoms with Crippen molar-refractivity contribution in [3.8, 4) is 0 Å². The molecule has 0 N–H and O–H groups in total. The summed E-state index contributed by atoms with van der Waals surface area (Å²) >= 11 is 0. The molecule has 0 radical (unpaired) electrons. The maximum Gasteiger partial charge on any atom is 0.435 e. The van der Waals surface area contributed by atoms with Gasteiger partial charge in [-0.15, -0.1) is 0 Å². The van der Waals surface area contributed by atoms with Gasteiger partial charge in [0.05, 0.1) is 11.6 Å². The van der Waals surface area contributed by atoms with Crippen LogP contribution in [0.5, 0.6) is 0 Å². The standard InChI is InChI=1S/C14H15F3N4O/c1-9(10-5-4-6-18-7-10)21(3)13(22)11-8-20(2)19-12(11)14(15,16)17/h4-9H,1-3H3/t9-/m1/s1. The zero-order valence-corrected chi connectivity index (χ0v) is 12.3. The molecule has 0 aliphatic carbocycles. The monoisotopic (exact) mass is 312 g/mol. The minimum absolute atomic E-state index is 0.414. The second-order valence-electron chi connectivity index (χ2n) is 4.94. The molecule has 0 aliphatic heterocycles. The molecule has 0 spiro atoms. The van der Waals surface area contributed by atoms with Crippen molar-refractivity contribution in [1.29, 1.82) is 0 Å². The van der Waals surface area contributed by atoms with Gasteiger partial charge in [0.15, 0.2) is 5.69 Å². The number of hydrogen-bond acceptors (Lipinski definition) is 3. The van der Waals surface area contributed by atoms with Crippen LogP contribution in [-0.4, -0.2) is 32.6 Å². The van der Waals surface area contributed by atoms with Crippen molar-refractivity contribution in [2.75, 3.05) is 7.05 Å². The van der Waals surface area contributed by atoms with Crippen molar-refractivity contribution in [3.63, 3.8) is 0 Å². The van der Waals surface area contributed by atoms with E-state index >= 15 is 0 Å². The number of nitrogens with zero attached hydrogens (tertiary/aromatic N) is 4. The van der Waals surface area contributed by atoms with Gasteiger partial charge in [-0.05, 0) is 18.6 Å². The van der Waals surface area contributed by atoms with E-state index in [0.717, 1.165) is 16.4 Å². The SMILES string of the molecule is C[C@H](c1cccnc1)N(C)C(=O)c1cn(C)nc1C(F)(F)F. The summed E-state index contributed by atoms with van der Waals surface area (Å²) < 4.78 is 39.8. The van der Waals surface area contributed by atoms with Crippen LogP contribution in [0, 0.1) is 0 Å². The maximum atomic E-state index is 13.0. The summed E-state index contributed by atoms with van der Waals surface area (Å²) in [5.41, 5.74) is -0.908. The van der Waals surface area contributed by atoms with Gasteiger partial charge < -0.3 is 4.90 Å². The zero-order chi connectivity index (χ0) is 16.5. The molecule has 118 valence electrons. The Morgan fingerprint density at radius 2 is 2.09 bits per heavy atom. The van der Waals surface area contributed by atoms with Gasteiger partial charge in [-0.1, -0.05) is 6.07 Å². The predicted octanol–water partition coefficient (Wildman–Crippen LogP) is 2.67. The summed E-state index contributed by atoms with van der Waals surface area (Å²) in [6.45, 7) is 1.72. The lowest BCUT2D eigenvalue weighted by molar-refractivity contribution is -0.141. The van der Waals surface area contributed by atoms with Gasteiger partial charge in [0.1, 0.15) is 0 Å². The first-order valence-corrected chi connectivity index (χ1v) is 6.49. The van der Waals surface area contributed by atoms with E-state index in [9.17, 15) is 18.0 Å². The van der Waals surface area contributed by atoms with E-state index in [1.807, 2.05) is 0 Å². The van der Waals surface area contributed by atoms with Crippen LogP contribution >= 0.6 is 0 Å². The molecule has 1 amide bonds. The lowest BCUT2D eigenvalue weighted by Gasteiger charge is -2.25. The lowest BCUT2D eigenvalue weighted by atomic mass is 10.1. The van der Waals surface area contributed by atoms with Crippen molar-refractivity contribution in [3.05, 3.63) is 47.5 Å². The summed E-state index contributed by atoms with van der Waals surface area (Å²) in [4.78, 5) is 17.6. The Morgan fingerprint density at radius 1 is 1.41 bits per heavy atom. The second kappa shape index (κ2) is 5.78. The van der Waals surface area contributed by atoms with Gasteiger partial charge in [0.25, 0.3) is 5.91 Å². The number of hydrogen-bond donors (Lipinski definition) is 0. The predicted molar refractivity (Wildman–Crippen MR) is 73.0 cm³/mol. The molecule has 2 heterocycles. The Hall–Kier alpha value is -2.38. The van der Waals surface area contributed by atoms with Gasteiger partial charge >= 0.3 is 6.18 Å². The van der Waals surface area contributed by atoms with Crippen molar-refractivity contribution in [2.24, 2.45) is 7.05 Å². The molecule has 0 saturated heterocycles. The molecular weight excluding hydrogens is 297 g/mol. The molecule has 0 fully saturated rings. The van der Waals surface area contributed by atoms with Crippen LogP contribution < -0.4 is 0 Å². The van der Waals surface area contributed by atoms with Crippen LogP contribution in [0.4, 0.5) is 13.2 Å². The van der Waals surface area contributed by atoms with Crippen LogP contribution in [0.1, 0.15) is 34.6 Å². The normalized spacial score (nSPS) is 13.0. The van der Waals surface area contributed by atoms with Crippen LogP contribution in [0.25, 0.3) is 0 Å².